The molecule has 1 spiro atoms. The van der Waals surface area contributed by atoms with E-state index in [-0.39, 0.29) is 11.4 Å². The molecule has 0 aliphatic heterocycles. The van der Waals surface area contributed by atoms with Gasteiger partial charge in [0.25, 0.3) is 0 Å². The number of rotatable bonds is 8. The Morgan fingerprint density at radius 3 is 1.16 bits per heavy atom. The smallest absolute Gasteiger partial charge is 0.309 e. The molecule has 1 atom stereocenters. The van der Waals surface area contributed by atoms with Crippen LogP contribution in [0.2, 0.25) is 0 Å². The maximum Gasteiger partial charge on any atom is 0.418 e. The third-order valence-corrected chi connectivity index (χ3v) is 14.9. The van der Waals surface area contributed by atoms with E-state index in [2.05, 4.69) is 36.4 Å². The quantitative estimate of drug-likeness (QED) is 0.140. The van der Waals surface area contributed by atoms with Gasteiger partial charge in [-0.15, -0.1) is 0 Å². The van der Waals surface area contributed by atoms with Gasteiger partial charge in [-0.1, -0.05) is 194 Å². The molecule has 0 heterocycles. The molecule has 0 fully saturated rings. The minimum Gasteiger partial charge on any atom is -0.309 e. The van der Waals surface area contributed by atoms with E-state index in [0.29, 0.717) is 22.7 Å². The summed E-state index contributed by atoms with van der Waals surface area (Å²) >= 11 is 0. The van der Waals surface area contributed by atoms with E-state index in [0.717, 1.165) is 89.7 Å². The molecule has 2 nitrogen and oxygen atoms in total. The molecule has 2 aliphatic rings. The predicted octanol–water partition coefficient (Wildman–Crippen LogP) is 19.5. The molecule has 8 heteroatoms. The van der Waals surface area contributed by atoms with E-state index in [1.165, 1.54) is 24.3 Å². The maximum atomic E-state index is 15.5. The van der Waals surface area contributed by atoms with E-state index in [1.807, 2.05) is 170 Å². The summed E-state index contributed by atoms with van der Waals surface area (Å²) in [6.07, 6.45) is -9.42. The van der Waals surface area contributed by atoms with Crippen molar-refractivity contribution < 1.29 is 26.3 Å². The second-order valence-corrected chi connectivity index (χ2v) is 18.9. The zero-order valence-electron chi connectivity index (χ0n) is 39.9. The second-order valence-electron chi connectivity index (χ2n) is 18.9. The van der Waals surface area contributed by atoms with Crippen molar-refractivity contribution in [3.63, 3.8) is 0 Å². The van der Waals surface area contributed by atoms with Crippen molar-refractivity contribution in [2.24, 2.45) is 0 Å². The largest absolute Gasteiger partial charge is 0.418 e. The summed E-state index contributed by atoms with van der Waals surface area (Å²) in [5.74, 6) is 0. The minimum atomic E-state index is -4.71. The Kier molecular flexibility index (Phi) is 10.7. The number of fused-ring (bicyclic) bond motifs is 9. The molecule has 13 rings (SSSR count). The van der Waals surface area contributed by atoms with Gasteiger partial charge in [-0.05, 0) is 127 Å². The molecule has 0 aromatic heterocycles. The van der Waals surface area contributed by atoms with Crippen molar-refractivity contribution in [3.8, 4) is 44.5 Å². The number of para-hydroxylation sites is 4. The summed E-state index contributed by atoms with van der Waals surface area (Å²) in [6, 6.07) is 78.1. The highest BCUT2D eigenvalue weighted by Gasteiger charge is 2.51. The van der Waals surface area contributed by atoms with Crippen LogP contribution in [0.4, 0.5) is 60.5 Å². The van der Waals surface area contributed by atoms with Gasteiger partial charge in [-0.25, -0.2) is 0 Å². The highest BCUT2D eigenvalue weighted by molar-refractivity contribution is 6.08. The van der Waals surface area contributed by atoms with Crippen LogP contribution >= 0.6 is 0 Å². The van der Waals surface area contributed by atoms with Crippen molar-refractivity contribution in [3.05, 3.63) is 288 Å². The lowest BCUT2D eigenvalue weighted by molar-refractivity contribution is -0.137. The molecule has 75 heavy (non-hydrogen) atoms. The summed E-state index contributed by atoms with van der Waals surface area (Å²) in [5.41, 5.74) is 9.51. The molecular weight excluding hydrogens is 947 g/mol. The van der Waals surface area contributed by atoms with Gasteiger partial charge in [-0.3, -0.25) is 0 Å². The topological polar surface area (TPSA) is 6.48 Å². The first-order valence-corrected chi connectivity index (χ1v) is 24.6. The highest BCUT2D eigenvalue weighted by atomic mass is 19.4. The molecule has 11 aromatic rings. The summed E-state index contributed by atoms with van der Waals surface area (Å²) in [4.78, 5) is 3.43. The lowest BCUT2D eigenvalue weighted by Gasteiger charge is -2.41. The van der Waals surface area contributed by atoms with Gasteiger partial charge in [0.2, 0.25) is 0 Å². The summed E-state index contributed by atoms with van der Waals surface area (Å²) < 4.78 is 92.7. The van der Waals surface area contributed by atoms with Gasteiger partial charge in [0.05, 0.1) is 39.3 Å². The van der Waals surface area contributed by atoms with Gasteiger partial charge in [-0.2, -0.15) is 26.3 Å². The number of hydrogen-bond donors (Lipinski definition) is 0. The van der Waals surface area contributed by atoms with Crippen LogP contribution < -0.4 is 9.80 Å². The maximum absolute atomic E-state index is 15.5. The summed E-state index contributed by atoms with van der Waals surface area (Å²) in [6.45, 7) is 0. The van der Waals surface area contributed by atoms with Crippen LogP contribution in [0.5, 0.6) is 0 Å². The third-order valence-electron chi connectivity index (χ3n) is 14.9. The Bertz CT molecular complexity index is 4010. The zero-order chi connectivity index (χ0) is 51.1. The Morgan fingerprint density at radius 1 is 0.280 bits per heavy atom. The third kappa shape index (κ3) is 7.26. The molecule has 0 N–H and O–H groups in total. The van der Waals surface area contributed by atoms with Gasteiger partial charge in [0, 0.05) is 22.5 Å². The molecule has 0 radical (unpaired) electrons. The van der Waals surface area contributed by atoms with Crippen LogP contribution in [0.25, 0.3) is 55.3 Å². The molecular formula is C67H42F6N2. The fraction of sp³-hybridized carbons (Fsp3) is 0.0448. The Balaban J connectivity index is 1.14. The minimum absolute atomic E-state index is 0.0484. The van der Waals surface area contributed by atoms with Crippen LogP contribution in [0.1, 0.15) is 33.4 Å². The number of hydrogen-bond acceptors (Lipinski definition) is 2. The van der Waals surface area contributed by atoms with E-state index in [1.54, 1.807) is 21.9 Å². The lowest BCUT2D eigenvalue weighted by Crippen LogP contribution is -2.32. The first-order chi connectivity index (χ1) is 36.5. The van der Waals surface area contributed by atoms with Gasteiger partial charge in [0.15, 0.2) is 0 Å². The Morgan fingerprint density at radius 2 is 0.653 bits per heavy atom. The second kappa shape index (κ2) is 17.5. The van der Waals surface area contributed by atoms with Gasteiger partial charge >= 0.3 is 12.4 Å². The first kappa shape index (κ1) is 45.7. The Labute approximate surface area is 429 Å². The van der Waals surface area contributed by atoms with Crippen LogP contribution in [-0.4, -0.2) is 0 Å². The van der Waals surface area contributed by atoms with E-state index >= 15 is 26.3 Å². The van der Waals surface area contributed by atoms with Crippen LogP contribution in [-0.2, 0) is 17.8 Å². The number of benzene rings is 11. The summed E-state index contributed by atoms with van der Waals surface area (Å²) in [5, 5.41) is 2.01. The fourth-order valence-corrected chi connectivity index (χ4v) is 11.9. The van der Waals surface area contributed by atoms with Crippen molar-refractivity contribution in [1.29, 1.82) is 0 Å². The van der Waals surface area contributed by atoms with Crippen molar-refractivity contribution in [2.75, 3.05) is 9.80 Å². The van der Waals surface area contributed by atoms with Crippen molar-refractivity contribution in [2.45, 2.75) is 17.8 Å². The van der Waals surface area contributed by atoms with Crippen molar-refractivity contribution >= 4 is 44.9 Å². The number of anilines is 6. The lowest BCUT2D eigenvalue weighted by atomic mass is 9.61. The molecule has 0 bridgehead atoms. The molecule has 1 unspecified atom stereocenters. The molecule has 2 aliphatic carbocycles. The number of halogens is 6. The average Bonchev–Trinajstić information content (AvgIpc) is 3.74. The monoisotopic (exact) mass is 988 g/mol. The normalized spacial score (nSPS) is 14.3. The molecule has 362 valence electrons. The number of alkyl halides is 6. The fourth-order valence-electron chi connectivity index (χ4n) is 11.9. The van der Waals surface area contributed by atoms with Crippen LogP contribution in [0.15, 0.2) is 255 Å². The average molecular weight is 989 g/mol. The molecule has 11 aromatic carbocycles. The van der Waals surface area contributed by atoms with Crippen LogP contribution in [0, 0.1) is 0 Å². The van der Waals surface area contributed by atoms with Gasteiger partial charge < -0.3 is 9.80 Å². The SMILES string of the molecule is FC(F)(F)c1ccccc1N(c1ccc2c(c1)C1(c3ccccc3-2)c2cc(N(c3ccccc3-c3ccccc3)c3ccccc3C(F)(F)F)ccc2-c2cccc3cccc1c23)c1ccccc1-c1ccccc1. The van der Waals surface area contributed by atoms with E-state index < -0.39 is 28.9 Å². The molecule has 0 amide bonds. The standard InChI is InChI=1S/C67H42F6N2/c68-66(69,70)55-30-11-15-35-62(55)74(60-33-13-8-25-48(60)43-19-3-1-4-20-43)46-37-39-51-50-27-7-10-29-54(50)65(58(51)41-46)57-32-18-24-45-23-17-28-53(64(45)57)52-40-38-47(42-59(52)65)75(63-36-16-12-31-56(63)67(71,72)73)61-34-14-9-26-49(61)44-21-5-2-6-22-44/h1-42H. The zero-order valence-corrected chi connectivity index (χ0v) is 39.9. The Hall–Kier alpha value is -9.14. The predicted molar refractivity (Wildman–Crippen MR) is 290 cm³/mol. The number of nitrogens with zero attached hydrogens (tertiary/aromatic N) is 2. The van der Waals surface area contributed by atoms with E-state index in [4.69, 9.17) is 0 Å². The van der Waals surface area contributed by atoms with Crippen molar-refractivity contribution in [1.82, 2.24) is 0 Å². The highest BCUT2D eigenvalue weighted by Crippen LogP contribution is 2.64. The summed E-state index contributed by atoms with van der Waals surface area (Å²) in [7, 11) is 0. The van der Waals surface area contributed by atoms with Crippen LogP contribution in [0.3, 0.4) is 0 Å². The first-order valence-electron chi connectivity index (χ1n) is 24.6. The molecule has 0 saturated carbocycles. The van der Waals surface area contributed by atoms with E-state index in [9.17, 15) is 0 Å². The van der Waals surface area contributed by atoms with Gasteiger partial charge in [0.1, 0.15) is 0 Å². The molecule has 0 saturated heterocycles.